The highest BCUT2D eigenvalue weighted by atomic mass is 32.1. The molecular weight excluding hydrogens is 397 g/mol. The summed E-state index contributed by atoms with van der Waals surface area (Å²) in [6.07, 6.45) is 3.70. The number of thiazole rings is 1. The van der Waals surface area contributed by atoms with Gasteiger partial charge in [0.1, 0.15) is 5.82 Å². The Bertz CT molecular complexity index is 993. The Labute approximate surface area is 169 Å². The number of thiophene rings is 1. The van der Waals surface area contributed by atoms with Crippen molar-refractivity contribution in [1.29, 1.82) is 0 Å². The van der Waals surface area contributed by atoms with Crippen LogP contribution in [-0.2, 0) is 16.1 Å². The molecule has 3 rings (SSSR count). The number of hydrogen-bond donors (Lipinski definition) is 2. The maximum absolute atomic E-state index is 12.9. The molecular formula is C20H18FN3O2S2. The van der Waals surface area contributed by atoms with Crippen LogP contribution in [0.3, 0.4) is 0 Å². The van der Waals surface area contributed by atoms with E-state index in [2.05, 4.69) is 15.6 Å². The molecule has 0 atom stereocenters. The lowest BCUT2D eigenvalue weighted by atomic mass is 10.2. The third-order valence-corrected chi connectivity index (χ3v) is 5.53. The zero-order valence-corrected chi connectivity index (χ0v) is 16.7. The minimum atomic E-state index is -0.289. The van der Waals surface area contributed by atoms with Crippen molar-refractivity contribution in [3.8, 4) is 10.6 Å². The molecule has 2 amide bonds. The van der Waals surface area contributed by atoms with Gasteiger partial charge in [-0.2, -0.15) is 0 Å². The van der Waals surface area contributed by atoms with E-state index in [1.165, 1.54) is 30.4 Å². The van der Waals surface area contributed by atoms with E-state index in [0.717, 1.165) is 21.0 Å². The second kappa shape index (κ2) is 9.38. The van der Waals surface area contributed by atoms with Gasteiger partial charge in [0.25, 0.3) is 0 Å². The molecule has 144 valence electrons. The minimum Gasteiger partial charge on any atom is -0.351 e. The molecule has 1 aromatic carbocycles. The van der Waals surface area contributed by atoms with E-state index in [4.69, 9.17) is 0 Å². The summed E-state index contributed by atoms with van der Waals surface area (Å²) in [5, 5.41) is 7.96. The summed E-state index contributed by atoms with van der Waals surface area (Å²) in [6.45, 7) is 1.98. The van der Waals surface area contributed by atoms with Gasteiger partial charge < -0.3 is 10.6 Å². The summed E-state index contributed by atoms with van der Waals surface area (Å²) < 4.78 is 12.9. The standard InChI is InChI=1S/C20H18FN3O2S2/c1-13(25)22-11-16-9-10-18(28-16)17-12-27-20(23-17)24-19(26)4-2-3-14-5-7-15(21)8-6-14/h2-3,5-10,12H,4,11H2,1H3,(H,22,25)(H,23,24,26)/b3-2-. The largest absolute Gasteiger partial charge is 0.351 e. The van der Waals surface area contributed by atoms with Crippen molar-refractivity contribution < 1.29 is 14.0 Å². The van der Waals surface area contributed by atoms with Crippen LogP contribution in [0.2, 0.25) is 0 Å². The fourth-order valence-electron chi connectivity index (χ4n) is 2.31. The number of carbonyl (C=O) groups excluding carboxylic acids is 2. The molecule has 5 nitrogen and oxygen atoms in total. The quantitative estimate of drug-likeness (QED) is 0.588. The van der Waals surface area contributed by atoms with Crippen molar-refractivity contribution in [3.05, 3.63) is 64.1 Å². The number of nitrogens with zero attached hydrogens (tertiary/aromatic N) is 1. The topological polar surface area (TPSA) is 71.1 Å². The van der Waals surface area contributed by atoms with Gasteiger partial charge in [0.15, 0.2) is 5.13 Å². The summed E-state index contributed by atoms with van der Waals surface area (Å²) >= 11 is 2.91. The van der Waals surface area contributed by atoms with Gasteiger partial charge in [-0.1, -0.05) is 24.3 Å². The summed E-state index contributed by atoms with van der Waals surface area (Å²) in [5.41, 5.74) is 1.62. The van der Waals surface area contributed by atoms with Gasteiger partial charge in [0, 0.05) is 23.6 Å². The first-order chi connectivity index (χ1) is 13.5. The zero-order valence-electron chi connectivity index (χ0n) is 15.1. The number of amides is 2. The second-order valence-corrected chi connectivity index (χ2v) is 7.95. The van der Waals surface area contributed by atoms with Crippen LogP contribution in [0, 0.1) is 5.82 Å². The average Bonchev–Trinajstić information content (AvgIpc) is 3.31. The van der Waals surface area contributed by atoms with Crippen molar-refractivity contribution >= 4 is 45.7 Å². The van der Waals surface area contributed by atoms with Crippen LogP contribution in [0.15, 0.2) is 47.9 Å². The van der Waals surface area contributed by atoms with Crippen LogP contribution in [-0.4, -0.2) is 16.8 Å². The Morgan fingerprint density at radius 2 is 1.96 bits per heavy atom. The minimum absolute atomic E-state index is 0.0675. The Kier molecular flexibility index (Phi) is 6.67. The predicted molar refractivity (Wildman–Crippen MR) is 112 cm³/mol. The van der Waals surface area contributed by atoms with Gasteiger partial charge in [-0.05, 0) is 29.8 Å². The molecule has 0 aliphatic carbocycles. The Balaban J connectivity index is 1.53. The SMILES string of the molecule is CC(=O)NCc1ccc(-c2csc(NC(=O)C/C=C\c3ccc(F)cc3)n2)s1. The first-order valence-electron chi connectivity index (χ1n) is 8.50. The fraction of sp³-hybridized carbons (Fsp3) is 0.150. The third-order valence-electron chi connectivity index (χ3n) is 3.66. The summed E-state index contributed by atoms with van der Waals surface area (Å²) in [7, 11) is 0. The summed E-state index contributed by atoms with van der Waals surface area (Å²) in [6, 6.07) is 9.96. The van der Waals surface area contributed by atoms with Crippen LogP contribution >= 0.6 is 22.7 Å². The van der Waals surface area contributed by atoms with Crippen LogP contribution < -0.4 is 10.6 Å². The number of anilines is 1. The van der Waals surface area contributed by atoms with Crippen LogP contribution in [0.1, 0.15) is 23.8 Å². The number of carbonyl (C=O) groups is 2. The third kappa shape index (κ3) is 5.83. The monoisotopic (exact) mass is 415 g/mol. The number of benzene rings is 1. The molecule has 8 heteroatoms. The first kappa shape index (κ1) is 19.9. The molecule has 2 heterocycles. The number of hydrogen-bond acceptors (Lipinski definition) is 5. The molecule has 0 saturated carbocycles. The summed E-state index contributed by atoms with van der Waals surface area (Å²) in [4.78, 5) is 29.5. The van der Waals surface area contributed by atoms with Crippen molar-refractivity contribution in [2.75, 3.05) is 5.32 Å². The fourth-order valence-corrected chi connectivity index (χ4v) is 4.02. The second-order valence-electron chi connectivity index (χ2n) is 5.92. The Morgan fingerprint density at radius 1 is 1.18 bits per heavy atom. The number of aromatic nitrogens is 1. The molecule has 0 aliphatic heterocycles. The van der Waals surface area contributed by atoms with Gasteiger partial charge in [-0.25, -0.2) is 9.37 Å². The van der Waals surface area contributed by atoms with Crippen LogP contribution in [0.4, 0.5) is 9.52 Å². The molecule has 0 radical (unpaired) electrons. The van der Waals surface area contributed by atoms with Gasteiger partial charge in [-0.3, -0.25) is 9.59 Å². The highest BCUT2D eigenvalue weighted by Crippen LogP contribution is 2.30. The molecule has 0 bridgehead atoms. The number of halogens is 1. The Hall–Kier alpha value is -2.84. The average molecular weight is 416 g/mol. The maximum Gasteiger partial charge on any atom is 0.229 e. The van der Waals surface area contributed by atoms with E-state index in [9.17, 15) is 14.0 Å². The van der Waals surface area contributed by atoms with Crippen LogP contribution in [0.25, 0.3) is 16.6 Å². The van der Waals surface area contributed by atoms with Crippen molar-refractivity contribution in [2.45, 2.75) is 19.9 Å². The molecule has 2 aromatic heterocycles. The van der Waals surface area contributed by atoms with Gasteiger partial charge in [-0.15, -0.1) is 22.7 Å². The molecule has 0 spiro atoms. The lowest BCUT2D eigenvalue weighted by Crippen LogP contribution is -2.17. The Morgan fingerprint density at radius 3 is 2.71 bits per heavy atom. The molecule has 0 saturated heterocycles. The summed E-state index contributed by atoms with van der Waals surface area (Å²) in [5.74, 6) is -0.527. The lowest BCUT2D eigenvalue weighted by Gasteiger charge is -1.98. The van der Waals surface area contributed by atoms with Gasteiger partial charge in [0.2, 0.25) is 11.8 Å². The van der Waals surface area contributed by atoms with Gasteiger partial charge in [0.05, 0.1) is 17.1 Å². The van der Waals surface area contributed by atoms with E-state index in [1.807, 2.05) is 17.5 Å². The maximum atomic E-state index is 12.9. The van der Waals surface area contributed by atoms with Crippen molar-refractivity contribution in [1.82, 2.24) is 10.3 Å². The highest BCUT2D eigenvalue weighted by molar-refractivity contribution is 7.17. The van der Waals surface area contributed by atoms with E-state index in [0.29, 0.717) is 11.7 Å². The first-order valence-corrected chi connectivity index (χ1v) is 10.2. The molecule has 0 aliphatic rings. The molecule has 2 N–H and O–H groups in total. The number of nitrogens with one attached hydrogen (secondary N) is 2. The molecule has 3 aromatic rings. The van der Waals surface area contributed by atoms with E-state index in [-0.39, 0.29) is 24.1 Å². The normalized spacial score (nSPS) is 10.9. The molecule has 0 fully saturated rings. The lowest BCUT2D eigenvalue weighted by molar-refractivity contribution is -0.119. The van der Waals surface area contributed by atoms with Crippen molar-refractivity contribution in [3.63, 3.8) is 0 Å². The van der Waals surface area contributed by atoms with E-state index < -0.39 is 0 Å². The number of rotatable bonds is 7. The smallest absolute Gasteiger partial charge is 0.229 e. The zero-order chi connectivity index (χ0) is 19.9. The highest BCUT2D eigenvalue weighted by Gasteiger charge is 2.09. The van der Waals surface area contributed by atoms with Crippen LogP contribution in [0.5, 0.6) is 0 Å². The predicted octanol–water partition coefficient (Wildman–Crippen LogP) is 4.69. The van der Waals surface area contributed by atoms with Crippen molar-refractivity contribution in [2.24, 2.45) is 0 Å². The van der Waals surface area contributed by atoms with Gasteiger partial charge >= 0.3 is 0 Å². The molecule has 28 heavy (non-hydrogen) atoms. The van der Waals surface area contributed by atoms with E-state index in [1.54, 1.807) is 35.6 Å². The molecule has 0 unspecified atom stereocenters. The van der Waals surface area contributed by atoms with E-state index >= 15 is 0 Å².